The van der Waals surface area contributed by atoms with Gasteiger partial charge in [-0.05, 0) is 13.8 Å². The number of carboxylic acid groups (broad SMARTS) is 1. The molecule has 72 valence electrons. The van der Waals surface area contributed by atoms with Crippen LogP contribution in [0.4, 0.5) is 5.13 Å². The number of hydrogen-bond donors (Lipinski definition) is 2. The van der Waals surface area contributed by atoms with E-state index in [1.54, 1.807) is 19.4 Å². The van der Waals surface area contributed by atoms with Crippen molar-refractivity contribution in [2.75, 3.05) is 11.9 Å². The number of rotatable bonds is 4. The number of hydrogen-bond acceptors (Lipinski definition) is 5. The van der Waals surface area contributed by atoms with Crippen LogP contribution in [0.3, 0.4) is 0 Å². The topological polar surface area (TPSA) is 75.1 Å². The second-order valence-corrected chi connectivity index (χ2v) is 4.12. The van der Waals surface area contributed by atoms with Crippen molar-refractivity contribution >= 4 is 22.4 Å². The van der Waals surface area contributed by atoms with Crippen molar-refractivity contribution in [2.45, 2.75) is 13.8 Å². The highest BCUT2D eigenvalue weighted by Crippen LogP contribution is 2.17. The Balaban J connectivity index is 2.47. The molecule has 0 aliphatic heterocycles. The van der Waals surface area contributed by atoms with E-state index >= 15 is 0 Å². The van der Waals surface area contributed by atoms with Crippen LogP contribution < -0.4 is 5.32 Å². The Bertz CT molecular complexity index is 284. The lowest BCUT2D eigenvalue weighted by molar-refractivity contribution is -0.146. The minimum atomic E-state index is -0.829. The minimum absolute atomic E-state index is 0.345. The molecule has 0 bridgehead atoms. The molecule has 0 saturated carbocycles. The summed E-state index contributed by atoms with van der Waals surface area (Å²) >= 11 is 1.35. The van der Waals surface area contributed by atoms with Crippen molar-refractivity contribution in [1.82, 2.24) is 10.2 Å². The number of aromatic nitrogens is 2. The van der Waals surface area contributed by atoms with E-state index in [2.05, 4.69) is 15.5 Å². The van der Waals surface area contributed by atoms with Crippen LogP contribution in [0.2, 0.25) is 0 Å². The molecule has 0 spiro atoms. The quantitative estimate of drug-likeness (QED) is 0.761. The number of aliphatic carboxylic acids is 1. The molecule has 0 fully saturated rings. The molecule has 0 aromatic carbocycles. The van der Waals surface area contributed by atoms with Crippen molar-refractivity contribution in [1.29, 1.82) is 0 Å². The zero-order valence-corrected chi connectivity index (χ0v) is 8.26. The van der Waals surface area contributed by atoms with Gasteiger partial charge in [0.1, 0.15) is 5.51 Å². The predicted molar refractivity (Wildman–Crippen MR) is 49.8 cm³/mol. The van der Waals surface area contributed by atoms with Crippen molar-refractivity contribution in [3.8, 4) is 0 Å². The van der Waals surface area contributed by atoms with Crippen molar-refractivity contribution in [2.24, 2.45) is 5.41 Å². The second kappa shape index (κ2) is 3.69. The Morgan fingerprint density at radius 3 is 2.92 bits per heavy atom. The van der Waals surface area contributed by atoms with Gasteiger partial charge in [-0.3, -0.25) is 4.79 Å². The lowest BCUT2D eigenvalue weighted by Gasteiger charge is -2.18. The molecule has 6 heteroatoms. The molecule has 1 aromatic rings. The fourth-order valence-electron chi connectivity index (χ4n) is 0.622. The molecule has 1 rings (SSSR count). The van der Waals surface area contributed by atoms with Gasteiger partial charge in [0.15, 0.2) is 0 Å². The van der Waals surface area contributed by atoms with Crippen LogP contribution in [-0.4, -0.2) is 27.8 Å². The van der Waals surface area contributed by atoms with Crippen molar-refractivity contribution in [3.05, 3.63) is 5.51 Å². The molecule has 0 atom stereocenters. The van der Waals surface area contributed by atoms with Crippen molar-refractivity contribution in [3.63, 3.8) is 0 Å². The van der Waals surface area contributed by atoms with Gasteiger partial charge in [-0.2, -0.15) is 0 Å². The first-order valence-electron chi connectivity index (χ1n) is 3.76. The molecule has 0 unspecified atom stereocenters. The van der Waals surface area contributed by atoms with Gasteiger partial charge in [0, 0.05) is 6.54 Å². The number of nitrogens with zero attached hydrogens (tertiary/aromatic N) is 2. The molecule has 0 saturated heterocycles. The van der Waals surface area contributed by atoms with Gasteiger partial charge in [0.2, 0.25) is 5.13 Å². The Labute approximate surface area is 79.8 Å². The second-order valence-electron chi connectivity index (χ2n) is 3.29. The van der Waals surface area contributed by atoms with Gasteiger partial charge in [0.05, 0.1) is 5.41 Å². The van der Waals surface area contributed by atoms with E-state index in [0.29, 0.717) is 11.7 Å². The zero-order chi connectivity index (χ0) is 9.90. The summed E-state index contributed by atoms with van der Waals surface area (Å²) in [6.45, 7) is 3.66. The highest BCUT2D eigenvalue weighted by Gasteiger charge is 2.26. The number of nitrogens with one attached hydrogen (secondary N) is 1. The standard InChI is InChI=1S/C7H11N3O2S/c1-7(2,5(11)12)3-8-6-10-9-4-13-6/h4H,3H2,1-2H3,(H,8,10)(H,11,12). The summed E-state index contributed by atoms with van der Waals surface area (Å²) in [6, 6.07) is 0. The van der Waals surface area contributed by atoms with Gasteiger partial charge < -0.3 is 10.4 Å². The lowest BCUT2D eigenvalue weighted by Crippen LogP contribution is -2.31. The maximum absolute atomic E-state index is 10.7. The van der Waals surface area contributed by atoms with Gasteiger partial charge in [-0.1, -0.05) is 11.3 Å². The molecule has 0 aliphatic rings. The lowest BCUT2D eigenvalue weighted by atomic mass is 9.94. The fraction of sp³-hybridized carbons (Fsp3) is 0.571. The van der Waals surface area contributed by atoms with Crippen LogP contribution in [0, 0.1) is 5.41 Å². The van der Waals surface area contributed by atoms with E-state index < -0.39 is 11.4 Å². The summed E-state index contributed by atoms with van der Waals surface area (Å²) in [5, 5.41) is 19.7. The molecule has 2 N–H and O–H groups in total. The Kier molecular flexibility index (Phi) is 2.82. The molecule has 0 amide bonds. The maximum Gasteiger partial charge on any atom is 0.310 e. The van der Waals surface area contributed by atoms with Crippen LogP contribution in [0.25, 0.3) is 0 Å². The van der Waals surface area contributed by atoms with Crippen LogP contribution in [0.15, 0.2) is 5.51 Å². The summed E-state index contributed by atoms with van der Waals surface area (Å²) in [5.41, 5.74) is 0.807. The third-order valence-corrected chi connectivity index (χ3v) is 2.27. The maximum atomic E-state index is 10.7. The first-order chi connectivity index (χ1) is 6.02. The third kappa shape index (κ3) is 2.66. The first kappa shape index (κ1) is 9.91. The summed E-state index contributed by atoms with van der Waals surface area (Å²) in [4.78, 5) is 10.7. The van der Waals surface area contributed by atoms with Crippen LogP contribution in [0.5, 0.6) is 0 Å². The molecule has 0 radical (unpaired) electrons. The monoisotopic (exact) mass is 201 g/mol. The summed E-state index contributed by atoms with van der Waals surface area (Å²) in [7, 11) is 0. The number of carbonyl (C=O) groups is 1. The fourth-order valence-corrected chi connectivity index (χ4v) is 1.07. The normalized spacial score (nSPS) is 11.2. The third-order valence-electron chi connectivity index (χ3n) is 1.62. The van der Waals surface area contributed by atoms with E-state index in [1.807, 2.05) is 0 Å². The van der Waals surface area contributed by atoms with E-state index in [9.17, 15) is 4.79 Å². The summed E-state index contributed by atoms with van der Waals surface area (Å²) < 4.78 is 0. The van der Waals surface area contributed by atoms with Crippen LogP contribution >= 0.6 is 11.3 Å². The number of anilines is 1. The van der Waals surface area contributed by atoms with Crippen molar-refractivity contribution < 1.29 is 9.90 Å². The highest BCUT2D eigenvalue weighted by molar-refractivity contribution is 7.13. The van der Waals surface area contributed by atoms with E-state index in [4.69, 9.17) is 5.11 Å². The molecule has 5 nitrogen and oxygen atoms in total. The predicted octanol–water partition coefficient (Wildman–Crippen LogP) is 1.06. The van der Waals surface area contributed by atoms with Gasteiger partial charge >= 0.3 is 5.97 Å². The molecule has 13 heavy (non-hydrogen) atoms. The van der Waals surface area contributed by atoms with Gasteiger partial charge in [-0.15, -0.1) is 10.2 Å². The van der Waals surface area contributed by atoms with E-state index in [1.165, 1.54) is 11.3 Å². The SMILES string of the molecule is CC(C)(CNc1nncs1)C(=O)O. The Hall–Kier alpha value is -1.17. The average Bonchev–Trinajstić information content (AvgIpc) is 2.52. The Morgan fingerprint density at radius 2 is 2.46 bits per heavy atom. The molecular weight excluding hydrogens is 190 g/mol. The average molecular weight is 201 g/mol. The first-order valence-corrected chi connectivity index (χ1v) is 4.64. The molecule has 1 heterocycles. The molecule has 0 aliphatic carbocycles. The summed E-state index contributed by atoms with van der Waals surface area (Å²) in [6.07, 6.45) is 0. The van der Waals surface area contributed by atoms with Crippen LogP contribution in [-0.2, 0) is 4.79 Å². The van der Waals surface area contributed by atoms with Gasteiger partial charge in [0.25, 0.3) is 0 Å². The smallest absolute Gasteiger partial charge is 0.310 e. The molecule has 1 aromatic heterocycles. The van der Waals surface area contributed by atoms with Gasteiger partial charge in [-0.25, -0.2) is 0 Å². The number of carboxylic acids is 1. The van der Waals surface area contributed by atoms with E-state index in [0.717, 1.165) is 0 Å². The zero-order valence-electron chi connectivity index (χ0n) is 7.44. The van der Waals surface area contributed by atoms with E-state index in [-0.39, 0.29) is 0 Å². The summed E-state index contributed by atoms with van der Waals surface area (Å²) in [5.74, 6) is -0.829. The largest absolute Gasteiger partial charge is 0.481 e. The Morgan fingerprint density at radius 1 is 1.77 bits per heavy atom. The van der Waals surface area contributed by atoms with Crippen LogP contribution in [0.1, 0.15) is 13.8 Å². The molecular formula is C7H11N3O2S. The highest BCUT2D eigenvalue weighted by atomic mass is 32.1. The minimum Gasteiger partial charge on any atom is -0.481 e.